The monoisotopic (exact) mass is 1320 g/mol. The van der Waals surface area contributed by atoms with Gasteiger partial charge in [0, 0.05) is 217 Å². The summed E-state index contributed by atoms with van der Waals surface area (Å²) >= 11 is 0. The standard InChI is InChI=1S/C21H21NO5.C20H20N2O4.C20H19NO5.CH4O.CH4.2K.H2O.2V/c1-26-21(25)9-7-13-6-8-17-15(10-13)14-4-2-3-5-16(14)22(17)20-11-18(24)19(12-23)27-20;21-19(25)8-6-12-5-7-16-14(9-12)13-3-1-2-4-15(13)22(16)20-10-17(24)18(11-23)26-20;22-11-18-17(23)10-19(26-18)21-15-4-2-1-3-13(15)14-9-12(5-7-16(14)21)6-8-20(24)25;1-2;;;;;;/h2-10,18-20,23-24H,11-12H2,1H3;1-9,17-18,20,23-24H,10-11H2,(H2,21,25);1-9,17-19,22-23H,10-11H2,(H,24,25);2H,1H3;1H4;;;1H2;;/b9-7+;2*8-6+;;;;;;;/t18?,19-,20-;17?,18-,20-;17?,18-,19-;;;;;;;/m111......./s1. The van der Waals surface area contributed by atoms with Crippen LogP contribution in [0.1, 0.15) is 62.1 Å². The SMILES string of the molecule is C.CO.COC(=O)/C=C/c1ccc2c(c1)c1ccccc1n2[C@H]1CC(O)[C@@H](CO)O1.NC(=O)/C=C/c1ccc2c(c1)c1ccccc1n2[C@H]1CC(O)[C@@H](CO)O1.O.O=C(O)/C=C/c1ccc2c(c1)c1ccccc1n2[C@H]1CC(O)[C@@H](CO)O1.[K].[K].[V].[V]. The van der Waals surface area contributed by atoms with Gasteiger partial charge in [-0.3, -0.25) is 4.79 Å². The number of carbonyl (C=O) groups excluding carboxylic acids is 2. The molecule has 12 rings (SSSR count). The quantitative estimate of drug-likeness (QED) is 0.0400. The molecule has 4 radical (unpaired) electrons. The Morgan fingerprint density at radius 3 is 1.07 bits per heavy atom. The van der Waals surface area contributed by atoms with Crippen molar-refractivity contribution < 1.29 is 117 Å². The number of hydrogen-bond acceptors (Lipinski definition) is 14. The average Bonchev–Trinajstić information content (AvgIpc) is 1.66. The maximum atomic E-state index is 11.4. The Bertz CT molecular complexity index is 3690. The molecule has 3 saturated heterocycles. The van der Waals surface area contributed by atoms with Gasteiger partial charge in [-0.05, 0) is 89.5 Å². The number of primary amides is 1. The number of nitrogens with zero attached hydrogens (tertiary/aromatic N) is 3. The van der Waals surface area contributed by atoms with Crippen LogP contribution in [-0.4, -0.2) is 251 Å². The number of esters is 1. The van der Waals surface area contributed by atoms with Crippen molar-refractivity contribution >= 4 is 204 Å². The number of carboxylic acid groups (broad SMARTS) is 1. The van der Waals surface area contributed by atoms with Crippen LogP contribution in [0.5, 0.6) is 0 Å². The summed E-state index contributed by atoms with van der Waals surface area (Å²) < 4.78 is 28.4. The molecule has 87 heavy (non-hydrogen) atoms. The van der Waals surface area contributed by atoms with Gasteiger partial charge in [-0.1, -0.05) is 80.2 Å². The molecule has 6 aromatic carbocycles. The van der Waals surface area contributed by atoms with Crippen LogP contribution < -0.4 is 5.73 Å². The van der Waals surface area contributed by atoms with Crippen molar-refractivity contribution in [2.75, 3.05) is 34.0 Å². The Balaban J connectivity index is 0.000000325. The van der Waals surface area contributed by atoms with E-state index in [1.165, 1.54) is 19.3 Å². The zero-order valence-electron chi connectivity index (χ0n) is 47.8. The van der Waals surface area contributed by atoms with Crippen molar-refractivity contribution in [3.8, 4) is 0 Å². The van der Waals surface area contributed by atoms with Crippen LogP contribution in [0.15, 0.2) is 146 Å². The molecule has 450 valence electrons. The molecule has 20 nitrogen and oxygen atoms in total. The average molecular weight is 1320 g/mol. The van der Waals surface area contributed by atoms with Crippen molar-refractivity contribution in [3.63, 3.8) is 0 Å². The van der Waals surface area contributed by atoms with E-state index < -0.39 is 54.5 Å². The molecule has 12 N–H and O–H groups in total. The normalized spacial score (nSPS) is 21.1. The third-order valence-corrected chi connectivity index (χ3v) is 14.7. The van der Waals surface area contributed by atoms with Crippen molar-refractivity contribution in [2.24, 2.45) is 5.73 Å². The number of amides is 1. The first-order chi connectivity index (χ1) is 39.3. The topological polar surface area (TPSA) is 322 Å². The van der Waals surface area contributed by atoms with E-state index >= 15 is 0 Å². The fourth-order valence-electron chi connectivity index (χ4n) is 11.0. The van der Waals surface area contributed by atoms with Crippen LogP contribution in [0.3, 0.4) is 0 Å². The number of fused-ring (bicyclic) bond motifs is 9. The van der Waals surface area contributed by atoms with E-state index in [0.717, 1.165) is 95.3 Å². The molecule has 6 heterocycles. The van der Waals surface area contributed by atoms with E-state index in [4.69, 9.17) is 30.2 Å². The largest absolute Gasteiger partial charge is 0.478 e. The predicted molar refractivity (Wildman–Crippen MR) is 329 cm³/mol. The molecule has 9 aromatic rings. The summed E-state index contributed by atoms with van der Waals surface area (Å²) in [5.41, 5.74) is 13.6. The van der Waals surface area contributed by atoms with Gasteiger partial charge in [-0.25, -0.2) is 9.59 Å². The summed E-state index contributed by atoms with van der Waals surface area (Å²) in [6, 6.07) is 41.4. The zero-order valence-corrected chi connectivity index (χ0v) is 56.8. The Kier molecular flexibility index (Phi) is 31.9. The van der Waals surface area contributed by atoms with Crippen LogP contribution in [0.2, 0.25) is 0 Å². The summed E-state index contributed by atoms with van der Waals surface area (Å²) in [6.45, 7) is -0.646. The number of carbonyl (C=O) groups is 3. The molecular weight excluding hydrogens is 1250 g/mol. The third kappa shape index (κ3) is 17.3. The third-order valence-electron chi connectivity index (χ3n) is 14.7. The van der Waals surface area contributed by atoms with Crippen LogP contribution >= 0.6 is 0 Å². The summed E-state index contributed by atoms with van der Waals surface area (Å²) in [5, 5.41) is 80.5. The van der Waals surface area contributed by atoms with Gasteiger partial charge in [0.2, 0.25) is 5.91 Å². The number of benzene rings is 6. The summed E-state index contributed by atoms with van der Waals surface area (Å²) in [7, 11) is 2.35. The van der Waals surface area contributed by atoms with Gasteiger partial charge in [0.15, 0.2) is 0 Å². The fraction of sp³-hybridized carbons (Fsp3) is 0.286. The second-order valence-electron chi connectivity index (χ2n) is 19.6. The van der Waals surface area contributed by atoms with E-state index in [0.29, 0.717) is 19.3 Å². The van der Waals surface area contributed by atoms with E-state index in [2.05, 4.69) is 13.9 Å². The second-order valence-corrected chi connectivity index (χ2v) is 19.6. The minimum absolute atomic E-state index is 0. The van der Waals surface area contributed by atoms with Gasteiger partial charge in [0.25, 0.3) is 0 Å². The Hall–Kier alpha value is -3.65. The smallest absolute Gasteiger partial charge is 0.330 e. The first kappa shape index (κ1) is 77.6. The number of para-hydroxylation sites is 3. The number of rotatable bonds is 12. The molecule has 3 aliphatic heterocycles. The number of hydrogen-bond donors (Lipinski definition) is 9. The number of ether oxygens (including phenoxy) is 4. The minimum Gasteiger partial charge on any atom is -0.478 e. The van der Waals surface area contributed by atoms with Crippen LogP contribution in [0.25, 0.3) is 83.6 Å². The summed E-state index contributed by atoms with van der Waals surface area (Å²) in [6.07, 6.45) is 5.13. The van der Waals surface area contributed by atoms with Crippen molar-refractivity contribution in [2.45, 2.75) is 82.0 Å². The summed E-state index contributed by atoms with van der Waals surface area (Å²) in [5.74, 6) is -1.88. The van der Waals surface area contributed by atoms with Gasteiger partial charge in [0.1, 0.15) is 37.0 Å². The van der Waals surface area contributed by atoms with Crippen molar-refractivity contribution in [1.82, 2.24) is 13.7 Å². The van der Waals surface area contributed by atoms with Gasteiger partial charge >= 0.3 is 11.9 Å². The van der Waals surface area contributed by atoms with Crippen LogP contribution in [-0.2, 0) is 70.4 Å². The number of nitrogens with two attached hydrogens (primary N) is 1. The first-order valence-electron chi connectivity index (χ1n) is 26.3. The maximum Gasteiger partial charge on any atom is 0.330 e. The molecule has 0 bridgehead atoms. The van der Waals surface area contributed by atoms with Gasteiger partial charge in [-0.2, -0.15) is 0 Å². The van der Waals surface area contributed by atoms with Gasteiger partial charge < -0.3 is 84.7 Å². The van der Waals surface area contributed by atoms with Gasteiger partial charge in [-0.15, -0.1) is 0 Å². The van der Waals surface area contributed by atoms with Crippen LogP contribution in [0, 0.1) is 0 Å². The van der Waals surface area contributed by atoms with Gasteiger partial charge in [0.05, 0.1) is 78.3 Å². The molecule has 3 aromatic heterocycles. The number of carboxylic acids is 1. The molecule has 1 amide bonds. The maximum absolute atomic E-state index is 11.4. The number of aromatic nitrogens is 3. The predicted octanol–water partition coefficient (Wildman–Crippen LogP) is 5.74. The molecule has 0 aliphatic carbocycles. The molecular formula is C63H70K2N4O16V2. The van der Waals surface area contributed by atoms with E-state index in [-0.39, 0.29) is 191 Å². The Labute approximate surface area is 611 Å². The number of methoxy groups -OCH3 is 1. The number of aliphatic carboxylic acids is 1. The van der Waals surface area contributed by atoms with E-state index in [1.54, 1.807) is 18.2 Å². The van der Waals surface area contributed by atoms with Crippen molar-refractivity contribution in [3.05, 3.63) is 162 Å². The molecule has 3 aliphatic rings. The zero-order chi connectivity index (χ0) is 57.5. The second kappa shape index (κ2) is 35.8. The molecule has 0 spiro atoms. The van der Waals surface area contributed by atoms with Crippen LogP contribution in [0.4, 0.5) is 0 Å². The Morgan fingerprint density at radius 1 is 0.506 bits per heavy atom. The molecule has 24 heteroatoms. The van der Waals surface area contributed by atoms with E-state index in [1.807, 2.05) is 132 Å². The summed E-state index contributed by atoms with van der Waals surface area (Å²) in [4.78, 5) is 33.1. The molecule has 9 atom stereocenters. The fourth-order valence-corrected chi connectivity index (χ4v) is 11.0. The molecule has 3 fully saturated rings. The van der Waals surface area contributed by atoms with E-state index in [9.17, 15) is 45.0 Å². The molecule has 3 unspecified atom stereocenters. The number of aliphatic hydroxyl groups excluding tert-OH is 7. The Morgan fingerprint density at radius 2 is 0.793 bits per heavy atom. The minimum atomic E-state index is -0.990. The first-order valence-corrected chi connectivity index (χ1v) is 26.3. The molecule has 0 saturated carbocycles. The number of aliphatic hydroxyl groups is 7. The van der Waals surface area contributed by atoms with Crippen molar-refractivity contribution in [1.29, 1.82) is 0 Å².